The highest BCUT2D eigenvalue weighted by molar-refractivity contribution is 7.18. The molecule has 3 aromatic heterocycles. The Morgan fingerprint density at radius 2 is 2.35 bits per heavy atom. The zero-order valence-electron chi connectivity index (χ0n) is 10.7. The van der Waals surface area contributed by atoms with Gasteiger partial charge in [0.1, 0.15) is 10.7 Å². The first kappa shape index (κ1) is 12.9. The fraction of sp³-hybridized carbons (Fsp3) is 0.250. The molecule has 0 aliphatic carbocycles. The Kier molecular flexibility index (Phi) is 3.11. The van der Waals surface area contributed by atoms with Gasteiger partial charge < -0.3 is 10.7 Å². The minimum absolute atomic E-state index is 0.0823. The first-order valence-corrected chi connectivity index (χ1v) is 6.79. The van der Waals surface area contributed by atoms with E-state index in [1.165, 1.54) is 22.2 Å². The Morgan fingerprint density at radius 3 is 3.05 bits per heavy atom. The summed E-state index contributed by atoms with van der Waals surface area (Å²) >= 11 is 1.45. The summed E-state index contributed by atoms with van der Waals surface area (Å²) in [4.78, 5) is 20.7. The second kappa shape index (κ2) is 4.80. The Bertz CT molecular complexity index is 834. The van der Waals surface area contributed by atoms with Crippen LogP contribution in [0.4, 0.5) is 4.39 Å². The molecule has 0 aliphatic rings. The Balaban J connectivity index is 1.99. The highest BCUT2D eigenvalue weighted by atomic mass is 32.1. The zero-order valence-corrected chi connectivity index (χ0v) is 11.5. The summed E-state index contributed by atoms with van der Waals surface area (Å²) in [5, 5.41) is 4.28. The summed E-state index contributed by atoms with van der Waals surface area (Å²) in [6.45, 7) is 2.19. The second-order valence-electron chi connectivity index (χ2n) is 4.44. The van der Waals surface area contributed by atoms with Crippen LogP contribution in [0.3, 0.4) is 0 Å². The highest BCUT2D eigenvalue weighted by Gasteiger charge is 2.10. The summed E-state index contributed by atoms with van der Waals surface area (Å²) in [5.41, 5.74) is 5.53. The molecule has 0 saturated carbocycles. The van der Waals surface area contributed by atoms with E-state index in [-0.39, 0.29) is 18.6 Å². The number of aromatic nitrogens is 4. The maximum Gasteiger partial charge on any atom is 0.259 e. The zero-order chi connectivity index (χ0) is 14.3. The lowest BCUT2D eigenvalue weighted by Gasteiger charge is -2.00. The van der Waals surface area contributed by atoms with Gasteiger partial charge in [0.05, 0.1) is 11.9 Å². The Labute approximate surface area is 117 Å². The van der Waals surface area contributed by atoms with Crippen molar-refractivity contribution in [2.24, 2.45) is 5.73 Å². The van der Waals surface area contributed by atoms with Crippen LogP contribution in [-0.2, 0) is 13.1 Å². The van der Waals surface area contributed by atoms with Crippen molar-refractivity contribution >= 4 is 21.6 Å². The van der Waals surface area contributed by atoms with Crippen LogP contribution < -0.4 is 11.3 Å². The number of halogens is 1. The summed E-state index contributed by atoms with van der Waals surface area (Å²) in [6, 6.07) is 1.80. The Morgan fingerprint density at radius 1 is 1.55 bits per heavy atom. The molecule has 0 unspecified atom stereocenters. The van der Waals surface area contributed by atoms with Gasteiger partial charge in [-0.25, -0.2) is 4.98 Å². The quantitative estimate of drug-likeness (QED) is 0.757. The van der Waals surface area contributed by atoms with Gasteiger partial charge >= 0.3 is 0 Å². The third-order valence-corrected chi connectivity index (χ3v) is 3.84. The summed E-state index contributed by atoms with van der Waals surface area (Å²) in [7, 11) is 0. The first-order chi connectivity index (χ1) is 9.56. The molecule has 3 aromatic rings. The molecule has 3 heterocycles. The summed E-state index contributed by atoms with van der Waals surface area (Å²) in [5.74, 6) is -0.154. The molecule has 0 amide bonds. The average Bonchev–Trinajstić information content (AvgIpc) is 2.92. The lowest BCUT2D eigenvalue weighted by Crippen LogP contribution is -2.13. The molecular weight excluding hydrogens is 281 g/mol. The van der Waals surface area contributed by atoms with Crippen LogP contribution in [0.1, 0.15) is 16.3 Å². The molecule has 3 rings (SSSR count). The molecule has 104 valence electrons. The number of fused-ring (bicyclic) bond motifs is 1. The number of H-pyrrole nitrogens is 1. The number of thiophene rings is 1. The predicted octanol–water partition coefficient (Wildman–Crippen LogP) is 1.14. The molecule has 0 atom stereocenters. The SMILES string of the molecule is Cc1cc2c(=O)[nH]c(Cn3cc(CN)c(F)n3)nc2s1. The number of nitrogens with one attached hydrogen (secondary N) is 1. The number of nitrogens with zero attached hydrogens (tertiary/aromatic N) is 3. The van der Waals surface area contributed by atoms with Crippen molar-refractivity contribution in [1.29, 1.82) is 0 Å². The molecule has 8 heteroatoms. The van der Waals surface area contributed by atoms with Crippen LogP contribution in [-0.4, -0.2) is 19.7 Å². The third kappa shape index (κ3) is 2.23. The molecule has 0 radical (unpaired) electrons. The van der Waals surface area contributed by atoms with Gasteiger partial charge in [-0.05, 0) is 13.0 Å². The fourth-order valence-electron chi connectivity index (χ4n) is 1.98. The van der Waals surface area contributed by atoms with Gasteiger partial charge in [0.2, 0.25) is 5.95 Å². The highest BCUT2D eigenvalue weighted by Crippen LogP contribution is 2.19. The van der Waals surface area contributed by atoms with Crippen molar-refractivity contribution in [1.82, 2.24) is 19.7 Å². The lowest BCUT2D eigenvalue weighted by atomic mass is 10.3. The van der Waals surface area contributed by atoms with Crippen LogP contribution >= 0.6 is 11.3 Å². The van der Waals surface area contributed by atoms with E-state index >= 15 is 0 Å². The molecule has 0 aliphatic heterocycles. The van der Waals surface area contributed by atoms with Crippen molar-refractivity contribution in [2.45, 2.75) is 20.0 Å². The van der Waals surface area contributed by atoms with Crippen molar-refractivity contribution in [2.75, 3.05) is 0 Å². The van der Waals surface area contributed by atoms with Crippen LogP contribution in [0, 0.1) is 12.9 Å². The summed E-state index contributed by atoms with van der Waals surface area (Å²) < 4.78 is 14.7. The van der Waals surface area contributed by atoms with E-state index in [0.717, 1.165) is 4.88 Å². The van der Waals surface area contributed by atoms with E-state index in [1.807, 2.05) is 6.92 Å². The van der Waals surface area contributed by atoms with Crippen LogP contribution in [0.25, 0.3) is 10.2 Å². The largest absolute Gasteiger partial charge is 0.326 e. The maximum atomic E-state index is 13.3. The predicted molar refractivity (Wildman–Crippen MR) is 74.2 cm³/mol. The standard InChI is InChI=1S/C12H12FN5OS/c1-6-2-8-11(19)15-9(16-12(8)20-6)5-18-4-7(3-14)10(13)17-18/h2,4H,3,5,14H2,1H3,(H,15,16,19). The lowest BCUT2D eigenvalue weighted by molar-refractivity contribution is 0.529. The van der Waals surface area contributed by atoms with Gasteiger partial charge in [0.25, 0.3) is 5.56 Å². The van der Waals surface area contributed by atoms with E-state index < -0.39 is 5.95 Å². The minimum Gasteiger partial charge on any atom is -0.326 e. The van der Waals surface area contributed by atoms with E-state index in [2.05, 4.69) is 15.1 Å². The van der Waals surface area contributed by atoms with Crippen molar-refractivity contribution in [3.63, 3.8) is 0 Å². The van der Waals surface area contributed by atoms with Gasteiger partial charge in [-0.15, -0.1) is 16.4 Å². The monoisotopic (exact) mass is 293 g/mol. The number of aromatic amines is 1. The second-order valence-corrected chi connectivity index (χ2v) is 5.67. The molecule has 3 N–H and O–H groups in total. The van der Waals surface area contributed by atoms with E-state index in [1.54, 1.807) is 6.07 Å². The van der Waals surface area contributed by atoms with Gasteiger partial charge in [0, 0.05) is 23.2 Å². The number of nitrogens with two attached hydrogens (primary N) is 1. The van der Waals surface area contributed by atoms with Gasteiger partial charge in [0.15, 0.2) is 0 Å². The van der Waals surface area contributed by atoms with Crippen molar-refractivity contribution < 1.29 is 4.39 Å². The third-order valence-electron chi connectivity index (χ3n) is 2.89. The van der Waals surface area contributed by atoms with Crippen molar-refractivity contribution in [3.8, 4) is 0 Å². The number of aryl methyl sites for hydroxylation is 1. The maximum absolute atomic E-state index is 13.3. The normalized spacial score (nSPS) is 11.3. The average molecular weight is 293 g/mol. The number of hydrogen-bond donors (Lipinski definition) is 2. The van der Waals surface area contributed by atoms with Gasteiger partial charge in [-0.2, -0.15) is 4.39 Å². The first-order valence-electron chi connectivity index (χ1n) is 5.98. The number of hydrogen-bond acceptors (Lipinski definition) is 5. The van der Waals surface area contributed by atoms with Crippen LogP contribution in [0.2, 0.25) is 0 Å². The van der Waals surface area contributed by atoms with E-state index in [9.17, 15) is 9.18 Å². The smallest absolute Gasteiger partial charge is 0.259 e. The molecule has 0 fully saturated rings. The number of rotatable bonds is 3. The molecule has 0 saturated heterocycles. The van der Waals surface area contributed by atoms with Crippen molar-refractivity contribution in [3.05, 3.63) is 44.8 Å². The molecular formula is C12H12FN5OS. The fourth-order valence-corrected chi connectivity index (χ4v) is 2.88. The van der Waals surface area contributed by atoms with Crippen LogP contribution in [0.15, 0.2) is 17.1 Å². The molecule has 6 nitrogen and oxygen atoms in total. The minimum atomic E-state index is -0.595. The Hall–Kier alpha value is -2.06. The molecule has 0 aromatic carbocycles. The van der Waals surface area contributed by atoms with Gasteiger partial charge in [-0.1, -0.05) is 0 Å². The van der Waals surface area contributed by atoms with Crippen LogP contribution in [0.5, 0.6) is 0 Å². The molecule has 0 bridgehead atoms. The van der Waals surface area contributed by atoms with E-state index in [0.29, 0.717) is 21.6 Å². The molecule has 0 spiro atoms. The van der Waals surface area contributed by atoms with E-state index in [4.69, 9.17) is 5.73 Å². The molecule has 20 heavy (non-hydrogen) atoms. The van der Waals surface area contributed by atoms with Gasteiger partial charge in [-0.3, -0.25) is 9.48 Å². The topological polar surface area (TPSA) is 89.6 Å². The summed E-state index contributed by atoms with van der Waals surface area (Å²) in [6.07, 6.45) is 1.51.